The van der Waals surface area contributed by atoms with Gasteiger partial charge in [-0.15, -0.1) is 0 Å². The third-order valence-electron chi connectivity index (χ3n) is 3.63. The van der Waals surface area contributed by atoms with E-state index in [1.54, 1.807) is 0 Å². The predicted octanol–water partition coefficient (Wildman–Crippen LogP) is 1.18. The van der Waals surface area contributed by atoms with E-state index in [-0.39, 0.29) is 0 Å². The minimum absolute atomic E-state index is 0.639. The minimum atomic E-state index is 0.639. The number of benzene rings is 1. The van der Waals surface area contributed by atoms with Crippen LogP contribution < -0.4 is 10.2 Å². The molecule has 0 saturated carbocycles. The average Bonchev–Trinajstić information content (AvgIpc) is 2.34. The van der Waals surface area contributed by atoms with Gasteiger partial charge in [0, 0.05) is 11.4 Å². The van der Waals surface area contributed by atoms with Gasteiger partial charge in [-0.3, -0.25) is 0 Å². The van der Waals surface area contributed by atoms with E-state index in [4.69, 9.17) is 11.6 Å². The number of hydrogen-bond donors (Lipinski definition) is 2. The predicted molar refractivity (Wildman–Crippen MR) is 83.0 cm³/mol. The van der Waals surface area contributed by atoms with Gasteiger partial charge >= 0.3 is 0 Å². The normalized spacial score (nSPS) is 13.2. The molecule has 0 fully saturated rings. The number of likely N-dealkylation sites (N-methyl/N-ethyl adjacent to an activating group) is 1. The molecule has 3 heteroatoms. The zero-order valence-electron chi connectivity index (χ0n) is 12.7. The second-order valence-electron chi connectivity index (χ2n) is 6.01. The van der Waals surface area contributed by atoms with E-state index in [2.05, 4.69) is 45.4 Å². The summed E-state index contributed by atoms with van der Waals surface area (Å²) in [5.41, 5.74) is 1.42. The van der Waals surface area contributed by atoms with Gasteiger partial charge in [0.2, 0.25) is 0 Å². The van der Waals surface area contributed by atoms with Crippen molar-refractivity contribution in [1.82, 2.24) is 0 Å². The Balaban J connectivity index is 2.43. The number of nitrogens with one attached hydrogen (secondary N) is 1. The number of quaternary nitrogens is 2. The van der Waals surface area contributed by atoms with E-state index in [1.807, 2.05) is 12.1 Å². The van der Waals surface area contributed by atoms with Crippen molar-refractivity contribution >= 4 is 11.6 Å². The van der Waals surface area contributed by atoms with Gasteiger partial charge in [0.1, 0.15) is 13.1 Å². The SMILES string of the molecule is CC(C)[C@@H](CC[NH2+]CC[NH+](C)C)c1ccc(Cl)cc1. The van der Waals surface area contributed by atoms with Crippen molar-refractivity contribution < 1.29 is 10.2 Å². The zero-order valence-corrected chi connectivity index (χ0v) is 13.5. The van der Waals surface area contributed by atoms with Crippen molar-refractivity contribution in [3.05, 3.63) is 34.9 Å². The van der Waals surface area contributed by atoms with Crippen LogP contribution in [0.3, 0.4) is 0 Å². The molecule has 0 aliphatic heterocycles. The highest BCUT2D eigenvalue weighted by molar-refractivity contribution is 6.30. The molecule has 0 aliphatic rings. The molecule has 3 N–H and O–H groups in total. The first-order chi connectivity index (χ1) is 9.00. The fourth-order valence-electron chi connectivity index (χ4n) is 2.43. The van der Waals surface area contributed by atoms with Gasteiger partial charge in [-0.05, 0) is 29.5 Å². The van der Waals surface area contributed by atoms with Crippen LogP contribution >= 0.6 is 11.6 Å². The Morgan fingerprint density at radius 1 is 1.11 bits per heavy atom. The monoisotopic (exact) mass is 284 g/mol. The van der Waals surface area contributed by atoms with Crippen LogP contribution in [0.25, 0.3) is 0 Å². The van der Waals surface area contributed by atoms with Crippen LogP contribution in [0.5, 0.6) is 0 Å². The van der Waals surface area contributed by atoms with Crippen molar-refractivity contribution in [2.45, 2.75) is 26.2 Å². The molecule has 0 bridgehead atoms. The van der Waals surface area contributed by atoms with Crippen LogP contribution in [0.15, 0.2) is 24.3 Å². The maximum Gasteiger partial charge on any atom is 0.126 e. The molecule has 1 atom stereocenters. The minimum Gasteiger partial charge on any atom is -0.342 e. The number of hydrogen-bond acceptors (Lipinski definition) is 0. The fraction of sp³-hybridized carbons (Fsp3) is 0.625. The van der Waals surface area contributed by atoms with Gasteiger partial charge < -0.3 is 10.2 Å². The largest absolute Gasteiger partial charge is 0.342 e. The molecule has 2 nitrogen and oxygen atoms in total. The van der Waals surface area contributed by atoms with Crippen LogP contribution in [0.2, 0.25) is 5.02 Å². The lowest BCUT2D eigenvalue weighted by atomic mass is 9.86. The Morgan fingerprint density at radius 3 is 2.26 bits per heavy atom. The van der Waals surface area contributed by atoms with Crippen LogP contribution in [0.1, 0.15) is 31.7 Å². The molecule has 0 spiro atoms. The van der Waals surface area contributed by atoms with Gasteiger partial charge in [-0.2, -0.15) is 0 Å². The molecular weight excluding hydrogens is 256 g/mol. The first kappa shape index (κ1) is 16.5. The standard InChI is InChI=1S/C16H27ClN2/c1-13(2)16(9-10-18-11-12-19(3)4)14-5-7-15(17)8-6-14/h5-8,13,16,18H,9-12H2,1-4H3/p+2/t16-/m1/s1. The highest BCUT2D eigenvalue weighted by atomic mass is 35.5. The molecule has 1 aromatic rings. The topological polar surface area (TPSA) is 21.1 Å². The molecule has 19 heavy (non-hydrogen) atoms. The smallest absolute Gasteiger partial charge is 0.126 e. The highest BCUT2D eigenvalue weighted by Crippen LogP contribution is 2.28. The third-order valence-corrected chi connectivity index (χ3v) is 3.89. The lowest BCUT2D eigenvalue weighted by Crippen LogP contribution is -3.09. The van der Waals surface area contributed by atoms with Crippen molar-refractivity contribution in [3.63, 3.8) is 0 Å². The first-order valence-corrected chi connectivity index (χ1v) is 7.74. The van der Waals surface area contributed by atoms with Crippen molar-refractivity contribution in [2.24, 2.45) is 5.92 Å². The van der Waals surface area contributed by atoms with E-state index in [9.17, 15) is 0 Å². The molecule has 0 unspecified atom stereocenters. The van der Waals surface area contributed by atoms with Gasteiger partial charge in [0.25, 0.3) is 0 Å². The van der Waals surface area contributed by atoms with Gasteiger partial charge in [-0.1, -0.05) is 37.6 Å². The lowest BCUT2D eigenvalue weighted by Gasteiger charge is -2.20. The molecule has 0 radical (unpaired) electrons. The molecule has 0 aliphatic carbocycles. The number of nitrogens with two attached hydrogens (primary N) is 1. The molecule has 1 aromatic carbocycles. The second kappa shape index (κ2) is 8.57. The Hall–Kier alpha value is -0.570. The third kappa shape index (κ3) is 6.42. The summed E-state index contributed by atoms with van der Waals surface area (Å²) >= 11 is 5.96. The fourth-order valence-corrected chi connectivity index (χ4v) is 2.55. The molecular formula is C16H29ClN2+2. The Kier molecular flexibility index (Phi) is 7.44. The lowest BCUT2D eigenvalue weighted by molar-refractivity contribution is -0.874. The molecule has 0 heterocycles. The first-order valence-electron chi connectivity index (χ1n) is 7.37. The van der Waals surface area contributed by atoms with Crippen LogP contribution in [0, 0.1) is 5.92 Å². The molecule has 0 amide bonds. The Morgan fingerprint density at radius 2 is 1.74 bits per heavy atom. The van der Waals surface area contributed by atoms with Crippen LogP contribution in [-0.2, 0) is 0 Å². The summed E-state index contributed by atoms with van der Waals surface area (Å²) < 4.78 is 0. The van der Waals surface area contributed by atoms with Crippen molar-refractivity contribution in [1.29, 1.82) is 0 Å². The summed E-state index contributed by atoms with van der Waals surface area (Å²) in [5.74, 6) is 1.31. The molecule has 0 aromatic heterocycles. The summed E-state index contributed by atoms with van der Waals surface area (Å²) in [4.78, 5) is 1.52. The maximum atomic E-state index is 5.96. The Labute approximate surface area is 123 Å². The van der Waals surface area contributed by atoms with E-state index >= 15 is 0 Å². The van der Waals surface area contributed by atoms with Crippen molar-refractivity contribution in [3.8, 4) is 0 Å². The highest BCUT2D eigenvalue weighted by Gasteiger charge is 2.16. The van der Waals surface area contributed by atoms with E-state index in [0.29, 0.717) is 11.8 Å². The molecule has 108 valence electrons. The maximum absolute atomic E-state index is 5.96. The summed E-state index contributed by atoms with van der Waals surface area (Å²) in [7, 11) is 4.41. The summed E-state index contributed by atoms with van der Waals surface area (Å²) in [6.45, 7) is 8.27. The summed E-state index contributed by atoms with van der Waals surface area (Å²) in [6, 6.07) is 8.37. The number of halogens is 1. The Bertz CT molecular complexity index is 346. The van der Waals surface area contributed by atoms with Gasteiger partial charge in [0.15, 0.2) is 0 Å². The zero-order chi connectivity index (χ0) is 14.3. The summed E-state index contributed by atoms with van der Waals surface area (Å²) in [6.07, 6.45) is 1.24. The molecule has 0 saturated heterocycles. The van der Waals surface area contributed by atoms with Crippen LogP contribution in [0.4, 0.5) is 0 Å². The quantitative estimate of drug-likeness (QED) is 0.669. The van der Waals surface area contributed by atoms with E-state index in [0.717, 1.165) is 5.02 Å². The van der Waals surface area contributed by atoms with Gasteiger partial charge in [0.05, 0.1) is 20.6 Å². The van der Waals surface area contributed by atoms with E-state index in [1.165, 1.54) is 36.5 Å². The van der Waals surface area contributed by atoms with Crippen LogP contribution in [-0.4, -0.2) is 33.7 Å². The number of rotatable bonds is 8. The molecule has 1 rings (SSSR count). The summed E-state index contributed by atoms with van der Waals surface area (Å²) in [5, 5.41) is 3.27. The van der Waals surface area contributed by atoms with Gasteiger partial charge in [-0.25, -0.2) is 0 Å². The van der Waals surface area contributed by atoms with E-state index < -0.39 is 0 Å². The average molecular weight is 285 g/mol. The second-order valence-corrected chi connectivity index (χ2v) is 6.45. The van der Waals surface area contributed by atoms with Crippen molar-refractivity contribution in [2.75, 3.05) is 33.7 Å².